The molecule has 0 spiro atoms. The van der Waals surface area contributed by atoms with Gasteiger partial charge in [0.05, 0.1) is 12.3 Å². The van der Waals surface area contributed by atoms with Crippen molar-refractivity contribution in [3.63, 3.8) is 0 Å². The van der Waals surface area contributed by atoms with Crippen molar-refractivity contribution in [2.75, 3.05) is 32.1 Å². The van der Waals surface area contributed by atoms with Crippen LogP contribution in [0.25, 0.3) is 0 Å². The van der Waals surface area contributed by atoms with Gasteiger partial charge in [0.25, 0.3) is 0 Å². The first-order valence-electron chi connectivity index (χ1n) is 4.83. The van der Waals surface area contributed by atoms with Crippen LogP contribution < -0.4 is 5.73 Å². The molecule has 5 nitrogen and oxygen atoms in total. The second kappa shape index (κ2) is 4.37. The molecule has 2 rings (SSSR count). The van der Waals surface area contributed by atoms with Gasteiger partial charge in [-0.15, -0.1) is 0 Å². The van der Waals surface area contributed by atoms with Crippen molar-refractivity contribution < 1.29 is 14.4 Å². The molecule has 1 aliphatic heterocycles. The number of nitrogen functional groups attached to an aromatic ring is 1. The van der Waals surface area contributed by atoms with Gasteiger partial charge in [-0.25, -0.2) is 4.58 Å². The molecule has 0 unspecified atom stereocenters. The lowest BCUT2D eigenvalue weighted by molar-refractivity contribution is -0.461. The summed E-state index contributed by atoms with van der Waals surface area (Å²) in [5, 5.41) is 9.17. The van der Waals surface area contributed by atoms with Crippen LogP contribution >= 0.6 is 0 Å². The standard InChI is InChI=1S/C10H14N3O2/c11-8-1-2-10(12-5-8)13-3-4-15-7-9(13)6-14/h1-2,5,14H,3-4,6-7,11H2/q+1. The molecule has 0 saturated carbocycles. The monoisotopic (exact) mass is 208 g/mol. The van der Waals surface area contributed by atoms with Crippen LogP contribution in [-0.4, -0.2) is 46.7 Å². The van der Waals surface area contributed by atoms with Gasteiger partial charge in [0.15, 0.2) is 6.20 Å². The Morgan fingerprint density at radius 3 is 3.07 bits per heavy atom. The minimum Gasteiger partial charge on any atom is -0.396 e. The zero-order valence-electron chi connectivity index (χ0n) is 8.39. The van der Waals surface area contributed by atoms with E-state index in [9.17, 15) is 0 Å². The summed E-state index contributed by atoms with van der Waals surface area (Å²) in [4.78, 5) is 4.21. The third-order valence-corrected chi connectivity index (χ3v) is 2.34. The van der Waals surface area contributed by atoms with Crippen LogP contribution in [0.5, 0.6) is 0 Å². The molecule has 0 bridgehead atoms. The first kappa shape index (κ1) is 10.1. The Kier molecular flexibility index (Phi) is 2.94. The number of aliphatic hydroxyl groups excluding tert-OH is 1. The average molecular weight is 208 g/mol. The van der Waals surface area contributed by atoms with Gasteiger partial charge in [0.1, 0.15) is 25.5 Å². The molecule has 0 radical (unpaired) electrons. The number of pyridine rings is 1. The highest BCUT2D eigenvalue weighted by atomic mass is 16.5. The Balaban J connectivity index is 2.35. The Bertz CT molecular complexity index is 373. The van der Waals surface area contributed by atoms with Crippen molar-refractivity contribution in [1.29, 1.82) is 0 Å². The van der Waals surface area contributed by atoms with E-state index in [-0.39, 0.29) is 6.61 Å². The topological polar surface area (TPSA) is 71.4 Å². The lowest BCUT2D eigenvalue weighted by atomic mass is 10.3. The van der Waals surface area contributed by atoms with Crippen LogP contribution in [0.4, 0.5) is 11.5 Å². The number of ether oxygens (including phenoxy) is 1. The second-order valence-electron chi connectivity index (χ2n) is 3.38. The van der Waals surface area contributed by atoms with Gasteiger partial charge in [-0.2, -0.15) is 0 Å². The normalized spacial score (nSPS) is 16.9. The maximum atomic E-state index is 9.17. The van der Waals surface area contributed by atoms with E-state index in [0.717, 1.165) is 11.5 Å². The molecule has 0 amide bonds. The van der Waals surface area contributed by atoms with Gasteiger partial charge >= 0.3 is 5.82 Å². The smallest absolute Gasteiger partial charge is 0.323 e. The third kappa shape index (κ3) is 2.14. The summed E-state index contributed by atoms with van der Waals surface area (Å²) in [7, 11) is 0. The zero-order valence-corrected chi connectivity index (χ0v) is 8.39. The van der Waals surface area contributed by atoms with Crippen molar-refractivity contribution in [2.24, 2.45) is 0 Å². The van der Waals surface area contributed by atoms with E-state index in [1.54, 1.807) is 12.3 Å². The van der Waals surface area contributed by atoms with Crippen molar-refractivity contribution in [3.05, 3.63) is 18.3 Å². The average Bonchev–Trinajstić information content (AvgIpc) is 2.30. The van der Waals surface area contributed by atoms with E-state index in [0.29, 0.717) is 25.4 Å². The van der Waals surface area contributed by atoms with E-state index in [2.05, 4.69) is 4.98 Å². The van der Waals surface area contributed by atoms with E-state index in [1.165, 1.54) is 0 Å². The van der Waals surface area contributed by atoms with Crippen molar-refractivity contribution in [2.45, 2.75) is 0 Å². The first-order valence-corrected chi connectivity index (χ1v) is 4.83. The minimum absolute atomic E-state index is 0.00788. The van der Waals surface area contributed by atoms with Crippen LogP contribution in [-0.2, 0) is 4.74 Å². The number of anilines is 1. The maximum Gasteiger partial charge on any atom is 0.323 e. The molecule has 0 saturated heterocycles. The number of aliphatic hydroxyl groups is 1. The van der Waals surface area contributed by atoms with Crippen LogP contribution in [0.15, 0.2) is 18.3 Å². The fraction of sp³-hybridized carbons (Fsp3) is 0.400. The summed E-state index contributed by atoms with van der Waals surface area (Å²) in [6.07, 6.45) is 1.61. The largest absolute Gasteiger partial charge is 0.396 e. The molecule has 15 heavy (non-hydrogen) atoms. The summed E-state index contributed by atoms with van der Waals surface area (Å²) in [5.41, 5.74) is 7.03. The first-order chi connectivity index (χ1) is 7.31. The maximum absolute atomic E-state index is 9.17. The molecule has 2 heterocycles. The van der Waals surface area contributed by atoms with Gasteiger partial charge in [-0.1, -0.05) is 0 Å². The van der Waals surface area contributed by atoms with Gasteiger partial charge in [0, 0.05) is 6.07 Å². The molecular formula is C10H14N3O2+. The van der Waals surface area contributed by atoms with Crippen LogP contribution in [0.1, 0.15) is 0 Å². The predicted octanol–water partition coefficient (Wildman–Crippen LogP) is -0.229. The van der Waals surface area contributed by atoms with Gasteiger partial charge in [-0.3, -0.25) is 0 Å². The summed E-state index contributed by atoms with van der Waals surface area (Å²) in [6, 6.07) is 3.64. The SMILES string of the molecule is Nc1ccc([N+]2=C(CO)COCC2)nc1. The molecule has 0 aromatic carbocycles. The fourth-order valence-electron chi connectivity index (χ4n) is 1.55. The molecule has 1 aromatic rings. The molecule has 0 aliphatic carbocycles. The van der Waals surface area contributed by atoms with Crippen molar-refractivity contribution in [1.82, 2.24) is 4.98 Å². The molecule has 1 aliphatic rings. The number of aromatic nitrogens is 1. The van der Waals surface area contributed by atoms with E-state index >= 15 is 0 Å². The lowest BCUT2D eigenvalue weighted by Gasteiger charge is -2.15. The number of nitrogens with zero attached hydrogens (tertiary/aromatic N) is 2. The van der Waals surface area contributed by atoms with E-state index in [4.69, 9.17) is 15.6 Å². The minimum atomic E-state index is -0.00788. The third-order valence-electron chi connectivity index (χ3n) is 2.34. The Morgan fingerprint density at radius 2 is 2.40 bits per heavy atom. The molecular weight excluding hydrogens is 194 g/mol. The number of nitrogens with two attached hydrogens (primary N) is 1. The van der Waals surface area contributed by atoms with Crippen LogP contribution in [0.2, 0.25) is 0 Å². The zero-order chi connectivity index (χ0) is 10.7. The molecule has 80 valence electrons. The van der Waals surface area contributed by atoms with Gasteiger partial charge in [0.2, 0.25) is 0 Å². The number of hydrogen-bond acceptors (Lipinski definition) is 4. The molecule has 0 atom stereocenters. The highest BCUT2D eigenvalue weighted by molar-refractivity contribution is 5.83. The van der Waals surface area contributed by atoms with Crippen molar-refractivity contribution >= 4 is 17.2 Å². The Labute approximate surface area is 87.8 Å². The van der Waals surface area contributed by atoms with E-state index in [1.807, 2.05) is 10.6 Å². The Morgan fingerprint density at radius 1 is 1.53 bits per heavy atom. The summed E-state index contributed by atoms with van der Waals surface area (Å²) in [5.74, 6) is 0.802. The van der Waals surface area contributed by atoms with Crippen LogP contribution in [0, 0.1) is 0 Å². The number of rotatable bonds is 2. The van der Waals surface area contributed by atoms with Gasteiger partial charge in [-0.05, 0) is 11.1 Å². The fourth-order valence-corrected chi connectivity index (χ4v) is 1.55. The number of hydrogen-bond donors (Lipinski definition) is 2. The van der Waals surface area contributed by atoms with Crippen LogP contribution in [0.3, 0.4) is 0 Å². The summed E-state index contributed by atoms with van der Waals surface area (Å²) >= 11 is 0. The highest BCUT2D eigenvalue weighted by Crippen LogP contribution is 2.12. The van der Waals surface area contributed by atoms with Crippen molar-refractivity contribution in [3.8, 4) is 0 Å². The highest BCUT2D eigenvalue weighted by Gasteiger charge is 2.19. The predicted molar refractivity (Wildman–Crippen MR) is 56.3 cm³/mol. The molecule has 3 N–H and O–H groups in total. The molecule has 5 heteroatoms. The van der Waals surface area contributed by atoms with E-state index < -0.39 is 0 Å². The lowest BCUT2D eigenvalue weighted by Crippen LogP contribution is -2.33. The molecule has 0 fully saturated rings. The Hall–Kier alpha value is -1.46. The van der Waals surface area contributed by atoms with Gasteiger partial charge < -0.3 is 15.6 Å². The summed E-state index contributed by atoms with van der Waals surface area (Å²) < 4.78 is 7.22. The molecule has 1 aromatic heterocycles. The summed E-state index contributed by atoms with van der Waals surface area (Å²) in [6.45, 7) is 1.82. The quantitative estimate of drug-likeness (QED) is 0.659. The second-order valence-corrected chi connectivity index (χ2v) is 3.38.